The molecular weight excluding hydrogens is 330 g/mol. The van der Waals surface area contributed by atoms with Gasteiger partial charge in [0, 0.05) is 42.1 Å². The molecule has 2 aromatic rings. The molecule has 0 saturated carbocycles. The summed E-state index contributed by atoms with van der Waals surface area (Å²) >= 11 is 3.47. The van der Waals surface area contributed by atoms with Gasteiger partial charge in [0.15, 0.2) is 0 Å². The number of piperidine rings is 1. The van der Waals surface area contributed by atoms with Crippen LogP contribution in [-0.4, -0.2) is 34.1 Å². The lowest BCUT2D eigenvalue weighted by atomic mass is 10.1. The summed E-state index contributed by atoms with van der Waals surface area (Å²) in [5.41, 5.74) is 1.17. The first-order valence-corrected chi connectivity index (χ1v) is 7.97. The molecule has 1 aromatic heterocycles. The maximum absolute atomic E-state index is 6.05. The van der Waals surface area contributed by atoms with Gasteiger partial charge in [-0.25, -0.2) is 9.97 Å². The van der Waals surface area contributed by atoms with Gasteiger partial charge in [0.05, 0.1) is 0 Å². The third-order valence-electron chi connectivity index (χ3n) is 3.65. The number of aromatic nitrogens is 2. The molecule has 1 aliphatic heterocycles. The van der Waals surface area contributed by atoms with Crippen molar-refractivity contribution in [3.05, 3.63) is 53.0 Å². The molecule has 1 fully saturated rings. The van der Waals surface area contributed by atoms with Gasteiger partial charge in [-0.1, -0.05) is 22.0 Å². The fourth-order valence-electron chi connectivity index (χ4n) is 2.59. The van der Waals surface area contributed by atoms with E-state index in [-0.39, 0.29) is 0 Å². The standard InChI is InChI=1S/C16H18BrN3O/c17-14-2-1-3-16(8-14)21-15-4-6-20(7-5-15)11-13-9-18-12-19-10-13/h1-3,8-10,12,15H,4-7,11H2. The Morgan fingerprint density at radius 3 is 2.67 bits per heavy atom. The van der Waals surface area contributed by atoms with Crippen LogP contribution in [0.4, 0.5) is 0 Å². The summed E-state index contributed by atoms with van der Waals surface area (Å²) in [7, 11) is 0. The van der Waals surface area contributed by atoms with Gasteiger partial charge < -0.3 is 4.74 Å². The van der Waals surface area contributed by atoms with Gasteiger partial charge in [0.2, 0.25) is 0 Å². The predicted molar refractivity (Wildman–Crippen MR) is 85.1 cm³/mol. The van der Waals surface area contributed by atoms with E-state index in [4.69, 9.17) is 4.74 Å². The van der Waals surface area contributed by atoms with Gasteiger partial charge in [-0.2, -0.15) is 0 Å². The molecule has 5 heteroatoms. The Morgan fingerprint density at radius 1 is 1.19 bits per heavy atom. The quantitative estimate of drug-likeness (QED) is 0.850. The first kappa shape index (κ1) is 14.5. The minimum atomic E-state index is 0.308. The monoisotopic (exact) mass is 347 g/mol. The second kappa shape index (κ2) is 7.00. The van der Waals surface area contributed by atoms with Crippen molar-refractivity contribution < 1.29 is 4.74 Å². The number of nitrogens with zero attached hydrogens (tertiary/aromatic N) is 3. The fourth-order valence-corrected chi connectivity index (χ4v) is 2.97. The Bertz CT molecular complexity index is 571. The number of halogens is 1. The molecule has 0 N–H and O–H groups in total. The largest absolute Gasteiger partial charge is 0.490 e. The van der Waals surface area contributed by atoms with Crippen molar-refractivity contribution in [2.24, 2.45) is 0 Å². The van der Waals surface area contributed by atoms with Crippen LogP contribution in [-0.2, 0) is 6.54 Å². The summed E-state index contributed by atoms with van der Waals surface area (Å²) in [6, 6.07) is 8.05. The second-order valence-electron chi connectivity index (χ2n) is 5.30. The van der Waals surface area contributed by atoms with E-state index < -0.39 is 0 Å². The van der Waals surface area contributed by atoms with Crippen molar-refractivity contribution in [1.82, 2.24) is 14.9 Å². The zero-order valence-corrected chi connectivity index (χ0v) is 13.4. The van der Waals surface area contributed by atoms with E-state index in [1.165, 1.54) is 5.56 Å². The zero-order chi connectivity index (χ0) is 14.5. The third kappa shape index (κ3) is 4.25. The summed E-state index contributed by atoms with van der Waals surface area (Å²) in [6.07, 6.45) is 7.76. The maximum Gasteiger partial charge on any atom is 0.120 e. The molecule has 0 radical (unpaired) electrons. The van der Waals surface area contributed by atoms with Crippen molar-refractivity contribution in [1.29, 1.82) is 0 Å². The number of hydrogen-bond acceptors (Lipinski definition) is 4. The Labute approximate surface area is 133 Å². The van der Waals surface area contributed by atoms with Gasteiger partial charge in [-0.15, -0.1) is 0 Å². The highest BCUT2D eigenvalue weighted by Crippen LogP contribution is 2.22. The summed E-state index contributed by atoms with van der Waals surface area (Å²) in [6.45, 7) is 3.02. The average molecular weight is 348 g/mol. The van der Waals surface area contributed by atoms with E-state index in [0.29, 0.717) is 6.10 Å². The number of likely N-dealkylation sites (tertiary alicyclic amines) is 1. The zero-order valence-electron chi connectivity index (χ0n) is 11.8. The van der Waals surface area contributed by atoms with Crippen LogP contribution >= 0.6 is 15.9 Å². The van der Waals surface area contributed by atoms with Crippen molar-refractivity contribution >= 4 is 15.9 Å². The van der Waals surface area contributed by atoms with Gasteiger partial charge in [-0.05, 0) is 31.0 Å². The minimum absolute atomic E-state index is 0.308. The number of hydrogen-bond donors (Lipinski definition) is 0. The van der Waals surface area contributed by atoms with E-state index in [9.17, 15) is 0 Å². The predicted octanol–water partition coefficient (Wildman–Crippen LogP) is 3.28. The lowest BCUT2D eigenvalue weighted by Gasteiger charge is -2.32. The Kier molecular flexibility index (Phi) is 4.83. The van der Waals surface area contributed by atoms with Crippen LogP contribution < -0.4 is 4.74 Å². The molecule has 4 nitrogen and oxygen atoms in total. The lowest BCUT2D eigenvalue weighted by Crippen LogP contribution is -2.37. The summed E-state index contributed by atoms with van der Waals surface area (Å²) in [5.74, 6) is 0.944. The molecule has 110 valence electrons. The molecule has 0 amide bonds. The summed E-state index contributed by atoms with van der Waals surface area (Å²) in [5, 5.41) is 0. The average Bonchev–Trinajstić information content (AvgIpc) is 2.50. The number of benzene rings is 1. The Morgan fingerprint density at radius 2 is 1.95 bits per heavy atom. The topological polar surface area (TPSA) is 38.2 Å². The number of rotatable bonds is 4. The normalized spacial score (nSPS) is 16.8. The van der Waals surface area contributed by atoms with E-state index in [0.717, 1.165) is 42.7 Å². The van der Waals surface area contributed by atoms with E-state index in [1.54, 1.807) is 6.33 Å². The van der Waals surface area contributed by atoms with Gasteiger partial charge in [0.25, 0.3) is 0 Å². The van der Waals surface area contributed by atoms with Crippen LogP contribution in [0, 0.1) is 0 Å². The van der Waals surface area contributed by atoms with Crippen molar-refractivity contribution in [3.8, 4) is 5.75 Å². The summed E-state index contributed by atoms with van der Waals surface area (Å²) < 4.78 is 7.11. The second-order valence-corrected chi connectivity index (χ2v) is 6.21. The number of ether oxygens (including phenoxy) is 1. The smallest absolute Gasteiger partial charge is 0.120 e. The first-order chi connectivity index (χ1) is 10.3. The molecule has 0 bridgehead atoms. The van der Waals surface area contributed by atoms with Crippen LogP contribution in [0.25, 0.3) is 0 Å². The van der Waals surface area contributed by atoms with E-state index in [2.05, 4.69) is 30.8 Å². The van der Waals surface area contributed by atoms with Gasteiger partial charge in [0.1, 0.15) is 18.2 Å². The molecule has 0 aliphatic carbocycles. The third-order valence-corrected chi connectivity index (χ3v) is 4.15. The molecule has 2 heterocycles. The molecule has 1 aliphatic rings. The maximum atomic E-state index is 6.05. The first-order valence-electron chi connectivity index (χ1n) is 7.18. The van der Waals surface area contributed by atoms with Crippen molar-refractivity contribution in [3.63, 3.8) is 0 Å². The highest BCUT2D eigenvalue weighted by atomic mass is 79.9. The van der Waals surface area contributed by atoms with Crippen LogP contribution in [0.3, 0.4) is 0 Å². The molecule has 0 spiro atoms. The van der Waals surface area contributed by atoms with Crippen LogP contribution in [0.15, 0.2) is 47.5 Å². The molecule has 3 rings (SSSR count). The van der Waals surface area contributed by atoms with Crippen LogP contribution in [0.5, 0.6) is 5.75 Å². The molecule has 21 heavy (non-hydrogen) atoms. The lowest BCUT2D eigenvalue weighted by molar-refractivity contribution is 0.0966. The summed E-state index contributed by atoms with van der Waals surface area (Å²) in [4.78, 5) is 10.6. The highest BCUT2D eigenvalue weighted by molar-refractivity contribution is 9.10. The van der Waals surface area contributed by atoms with Crippen molar-refractivity contribution in [2.75, 3.05) is 13.1 Å². The van der Waals surface area contributed by atoms with Crippen molar-refractivity contribution in [2.45, 2.75) is 25.5 Å². The minimum Gasteiger partial charge on any atom is -0.490 e. The molecule has 1 saturated heterocycles. The molecule has 0 atom stereocenters. The van der Waals surface area contributed by atoms with Gasteiger partial charge >= 0.3 is 0 Å². The van der Waals surface area contributed by atoms with E-state index >= 15 is 0 Å². The fraction of sp³-hybridized carbons (Fsp3) is 0.375. The molecule has 0 unspecified atom stereocenters. The Hall–Kier alpha value is -1.46. The van der Waals surface area contributed by atoms with E-state index in [1.807, 2.05) is 36.7 Å². The van der Waals surface area contributed by atoms with Crippen LogP contribution in [0.2, 0.25) is 0 Å². The van der Waals surface area contributed by atoms with Gasteiger partial charge in [-0.3, -0.25) is 4.90 Å². The Balaban J connectivity index is 1.49. The molecular formula is C16H18BrN3O. The highest BCUT2D eigenvalue weighted by Gasteiger charge is 2.20. The SMILES string of the molecule is Brc1cccc(OC2CCN(Cc3cncnc3)CC2)c1. The van der Waals surface area contributed by atoms with Crippen LogP contribution in [0.1, 0.15) is 18.4 Å². The molecule has 1 aromatic carbocycles.